The van der Waals surface area contributed by atoms with Gasteiger partial charge in [-0.1, -0.05) is 13.3 Å². The average Bonchev–Trinajstić information content (AvgIpc) is 2.22. The molecule has 6 heteroatoms. The lowest BCUT2D eigenvalue weighted by atomic mass is 10.2. The summed E-state index contributed by atoms with van der Waals surface area (Å²) in [6.45, 7) is 5.54. The number of aliphatic carboxylic acids is 1. The van der Waals surface area contributed by atoms with Gasteiger partial charge in [0.05, 0.1) is 11.4 Å². The highest BCUT2D eigenvalue weighted by Crippen LogP contribution is 2.07. The van der Waals surface area contributed by atoms with E-state index < -0.39 is 12.0 Å². The zero-order valence-corrected chi connectivity index (χ0v) is 9.69. The van der Waals surface area contributed by atoms with Crippen molar-refractivity contribution < 1.29 is 9.90 Å². The second kappa shape index (κ2) is 5.39. The van der Waals surface area contributed by atoms with Crippen molar-refractivity contribution in [2.24, 2.45) is 0 Å². The Hall–Kier alpha value is -1.72. The second-order valence-corrected chi connectivity index (χ2v) is 3.63. The summed E-state index contributed by atoms with van der Waals surface area (Å²) in [5.74, 6) is -0.632. The summed E-state index contributed by atoms with van der Waals surface area (Å²) in [4.78, 5) is 15.0. The molecule has 0 aliphatic rings. The zero-order valence-electron chi connectivity index (χ0n) is 9.69. The van der Waals surface area contributed by atoms with Gasteiger partial charge in [0, 0.05) is 0 Å². The molecule has 88 valence electrons. The molecule has 1 unspecified atom stereocenters. The van der Waals surface area contributed by atoms with Gasteiger partial charge in [-0.3, -0.25) is 0 Å². The van der Waals surface area contributed by atoms with Crippen LogP contribution in [0, 0.1) is 13.8 Å². The lowest BCUT2D eigenvalue weighted by Crippen LogP contribution is -2.30. The molecule has 0 spiro atoms. The summed E-state index contributed by atoms with van der Waals surface area (Å²) in [6.07, 6.45) is 1.31. The predicted molar refractivity (Wildman–Crippen MR) is 59.3 cm³/mol. The van der Waals surface area contributed by atoms with Gasteiger partial charge in [0.1, 0.15) is 6.04 Å². The number of carboxylic acid groups (broad SMARTS) is 1. The molecule has 1 rings (SSSR count). The molecule has 1 atom stereocenters. The maximum absolute atomic E-state index is 10.9. The SMILES string of the molecule is CCCC(Nc1nnc(C)c(C)n1)C(=O)O. The van der Waals surface area contributed by atoms with Crippen LogP contribution in [-0.4, -0.2) is 32.3 Å². The fourth-order valence-corrected chi connectivity index (χ4v) is 1.22. The first kappa shape index (κ1) is 12.4. The van der Waals surface area contributed by atoms with Crippen LogP contribution in [0.3, 0.4) is 0 Å². The standard InChI is InChI=1S/C10H16N4O2/c1-4-5-8(9(15)16)12-10-11-6(2)7(3)13-14-10/h8H,4-5H2,1-3H3,(H,15,16)(H,11,12,14). The highest BCUT2D eigenvalue weighted by molar-refractivity contribution is 5.76. The topological polar surface area (TPSA) is 88.0 Å². The molecule has 0 aliphatic heterocycles. The van der Waals surface area contributed by atoms with E-state index in [9.17, 15) is 4.79 Å². The third kappa shape index (κ3) is 3.15. The van der Waals surface area contributed by atoms with Crippen molar-refractivity contribution in [3.8, 4) is 0 Å². The molecule has 16 heavy (non-hydrogen) atoms. The van der Waals surface area contributed by atoms with Gasteiger partial charge >= 0.3 is 5.97 Å². The number of carboxylic acids is 1. The predicted octanol–water partition coefficient (Wildman–Crippen LogP) is 1.15. The molecule has 0 bridgehead atoms. The lowest BCUT2D eigenvalue weighted by molar-refractivity contribution is -0.138. The van der Waals surface area contributed by atoms with Gasteiger partial charge in [0.25, 0.3) is 0 Å². The highest BCUT2D eigenvalue weighted by Gasteiger charge is 2.17. The molecule has 6 nitrogen and oxygen atoms in total. The monoisotopic (exact) mass is 224 g/mol. The minimum absolute atomic E-state index is 0.268. The number of carbonyl (C=O) groups is 1. The molecule has 2 N–H and O–H groups in total. The molecular formula is C10H16N4O2. The smallest absolute Gasteiger partial charge is 0.326 e. The summed E-state index contributed by atoms with van der Waals surface area (Å²) < 4.78 is 0. The molecule has 0 radical (unpaired) electrons. The quantitative estimate of drug-likeness (QED) is 0.780. The van der Waals surface area contributed by atoms with Gasteiger partial charge in [-0.2, -0.15) is 5.10 Å². The van der Waals surface area contributed by atoms with Crippen molar-refractivity contribution in [2.75, 3.05) is 5.32 Å². The number of rotatable bonds is 5. The largest absolute Gasteiger partial charge is 0.480 e. The van der Waals surface area contributed by atoms with E-state index in [1.54, 1.807) is 6.92 Å². The van der Waals surface area contributed by atoms with E-state index in [0.717, 1.165) is 17.8 Å². The fourth-order valence-electron chi connectivity index (χ4n) is 1.22. The van der Waals surface area contributed by atoms with E-state index in [1.165, 1.54) is 0 Å². The number of aromatic nitrogens is 3. The number of anilines is 1. The Morgan fingerprint density at radius 1 is 1.38 bits per heavy atom. The minimum Gasteiger partial charge on any atom is -0.480 e. The van der Waals surface area contributed by atoms with E-state index in [2.05, 4.69) is 20.5 Å². The van der Waals surface area contributed by atoms with Crippen LogP contribution in [0.5, 0.6) is 0 Å². The molecule has 1 aromatic heterocycles. The van der Waals surface area contributed by atoms with E-state index in [0.29, 0.717) is 6.42 Å². The Kier molecular flexibility index (Phi) is 4.16. The number of aryl methyl sites for hydroxylation is 2. The Labute approximate surface area is 94.1 Å². The molecular weight excluding hydrogens is 208 g/mol. The van der Waals surface area contributed by atoms with Crippen molar-refractivity contribution in [3.63, 3.8) is 0 Å². The normalized spacial score (nSPS) is 12.2. The number of nitrogens with zero attached hydrogens (tertiary/aromatic N) is 3. The van der Waals surface area contributed by atoms with Crippen molar-refractivity contribution >= 4 is 11.9 Å². The van der Waals surface area contributed by atoms with E-state index in [-0.39, 0.29) is 5.95 Å². The number of nitrogens with one attached hydrogen (secondary N) is 1. The Morgan fingerprint density at radius 3 is 2.56 bits per heavy atom. The third-order valence-electron chi connectivity index (χ3n) is 2.27. The number of hydrogen-bond donors (Lipinski definition) is 2. The first-order valence-corrected chi connectivity index (χ1v) is 5.21. The van der Waals surface area contributed by atoms with Gasteiger partial charge < -0.3 is 10.4 Å². The van der Waals surface area contributed by atoms with Gasteiger partial charge in [-0.25, -0.2) is 9.78 Å². The summed E-state index contributed by atoms with van der Waals surface area (Å²) in [5, 5.41) is 19.4. The van der Waals surface area contributed by atoms with Gasteiger partial charge in [-0.15, -0.1) is 5.10 Å². The van der Waals surface area contributed by atoms with E-state index in [4.69, 9.17) is 5.11 Å². The third-order valence-corrected chi connectivity index (χ3v) is 2.27. The van der Waals surface area contributed by atoms with Crippen LogP contribution < -0.4 is 5.32 Å². The maximum Gasteiger partial charge on any atom is 0.326 e. The maximum atomic E-state index is 10.9. The summed E-state index contributed by atoms with van der Waals surface area (Å²) in [5.41, 5.74) is 1.49. The average molecular weight is 224 g/mol. The van der Waals surface area contributed by atoms with Crippen LogP contribution in [0.4, 0.5) is 5.95 Å². The molecule has 0 amide bonds. The molecule has 0 saturated carbocycles. The van der Waals surface area contributed by atoms with Crippen LogP contribution in [0.2, 0.25) is 0 Å². The molecule has 0 saturated heterocycles. The summed E-state index contributed by atoms with van der Waals surface area (Å²) >= 11 is 0. The van der Waals surface area contributed by atoms with Gasteiger partial charge in [0.2, 0.25) is 5.95 Å². The molecule has 0 aromatic carbocycles. The number of hydrogen-bond acceptors (Lipinski definition) is 5. The first-order valence-electron chi connectivity index (χ1n) is 5.21. The lowest BCUT2D eigenvalue weighted by Gasteiger charge is -2.13. The van der Waals surface area contributed by atoms with Crippen molar-refractivity contribution in [1.82, 2.24) is 15.2 Å². The molecule has 1 aromatic rings. The first-order chi connectivity index (χ1) is 7.54. The van der Waals surface area contributed by atoms with Crippen LogP contribution >= 0.6 is 0 Å². The summed E-state index contributed by atoms with van der Waals surface area (Å²) in [7, 11) is 0. The summed E-state index contributed by atoms with van der Waals surface area (Å²) in [6, 6.07) is -0.658. The van der Waals surface area contributed by atoms with E-state index in [1.807, 2.05) is 13.8 Å². The van der Waals surface area contributed by atoms with Crippen molar-refractivity contribution in [1.29, 1.82) is 0 Å². The Balaban J connectivity index is 2.77. The molecule has 0 aliphatic carbocycles. The second-order valence-electron chi connectivity index (χ2n) is 3.63. The van der Waals surface area contributed by atoms with Crippen LogP contribution in [0.1, 0.15) is 31.2 Å². The zero-order chi connectivity index (χ0) is 12.1. The Morgan fingerprint density at radius 2 is 2.06 bits per heavy atom. The molecule has 0 fully saturated rings. The van der Waals surface area contributed by atoms with E-state index >= 15 is 0 Å². The van der Waals surface area contributed by atoms with Gasteiger partial charge in [0.15, 0.2) is 0 Å². The molecule has 1 heterocycles. The van der Waals surface area contributed by atoms with Crippen LogP contribution in [-0.2, 0) is 4.79 Å². The minimum atomic E-state index is -0.899. The van der Waals surface area contributed by atoms with Crippen molar-refractivity contribution in [3.05, 3.63) is 11.4 Å². The highest BCUT2D eigenvalue weighted by atomic mass is 16.4. The fraction of sp³-hybridized carbons (Fsp3) is 0.600. The Bertz CT molecular complexity index is 381. The van der Waals surface area contributed by atoms with Crippen LogP contribution in [0.25, 0.3) is 0 Å². The van der Waals surface area contributed by atoms with Gasteiger partial charge in [-0.05, 0) is 20.3 Å². The van der Waals surface area contributed by atoms with Crippen LogP contribution in [0.15, 0.2) is 0 Å². The van der Waals surface area contributed by atoms with Crippen molar-refractivity contribution in [2.45, 2.75) is 39.7 Å².